The molecular formula is C24H18BrClN2O3. The summed E-state index contributed by atoms with van der Waals surface area (Å²) in [5, 5.41) is 10.6. The van der Waals surface area contributed by atoms with Gasteiger partial charge in [-0.05, 0) is 54.7 Å². The summed E-state index contributed by atoms with van der Waals surface area (Å²) in [6.45, 7) is 2.02. The highest BCUT2D eigenvalue weighted by atomic mass is 79.9. The second-order valence-electron chi connectivity index (χ2n) is 8.00. The Morgan fingerprint density at radius 3 is 2.58 bits per heavy atom. The van der Waals surface area contributed by atoms with E-state index < -0.39 is 11.8 Å². The summed E-state index contributed by atoms with van der Waals surface area (Å²) in [5.74, 6) is 0.426. The molecule has 7 heteroatoms. The highest BCUT2D eigenvalue weighted by Gasteiger charge is 2.42. The first kappa shape index (κ1) is 20.3. The molecular weight excluding hydrogens is 480 g/mol. The zero-order valence-corrected chi connectivity index (χ0v) is 19.0. The van der Waals surface area contributed by atoms with Crippen LogP contribution in [0.1, 0.15) is 42.7 Å². The number of nitrogens with zero attached hydrogens (tertiary/aromatic N) is 2. The van der Waals surface area contributed by atoms with Gasteiger partial charge in [0.15, 0.2) is 17.3 Å². The minimum atomic E-state index is -0.522. The van der Waals surface area contributed by atoms with E-state index in [2.05, 4.69) is 22.0 Å². The van der Waals surface area contributed by atoms with E-state index in [0.29, 0.717) is 34.9 Å². The Balaban J connectivity index is 1.61. The average molecular weight is 498 g/mol. The molecule has 0 radical (unpaired) electrons. The molecule has 0 spiro atoms. The van der Waals surface area contributed by atoms with Crippen LogP contribution in [0.5, 0.6) is 11.5 Å². The van der Waals surface area contributed by atoms with Crippen molar-refractivity contribution in [1.29, 1.82) is 5.26 Å². The third-order valence-electron chi connectivity index (χ3n) is 6.20. The lowest BCUT2D eigenvalue weighted by molar-refractivity contribution is -0.116. The fourth-order valence-electron chi connectivity index (χ4n) is 4.70. The first-order valence-electron chi connectivity index (χ1n) is 10.0. The third-order valence-corrected chi connectivity index (χ3v) is 7.13. The van der Waals surface area contributed by atoms with Crippen LogP contribution in [-0.4, -0.2) is 18.3 Å². The van der Waals surface area contributed by atoms with Crippen LogP contribution in [0, 0.1) is 17.2 Å². The van der Waals surface area contributed by atoms with Crippen molar-refractivity contribution < 1.29 is 14.3 Å². The monoisotopic (exact) mass is 496 g/mol. The minimum absolute atomic E-state index is 0.0345. The molecule has 5 nitrogen and oxygen atoms in total. The predicted molar refractivity (Wildman–Crippen MR) is 121 cm³/mol. The molecule has 0 bridgehead atoms. The van der Waals surface area contributed by atoms with Crippen molar-refractivity contribution in [1.82, 2.24) is 0 Å². The number of rotatable bonds is 2. The van der Waals surface area contributed by atoms with Gasteiger partial charge in [0.25, 0.3) is 0 Å². The Hall–Kier alpha value is -2.62. The number of halogens is 2. The van der Waals surface area contributed by atoms with Crippen LogP contribution < -0.4 is 9.47 Å². The van der Waals surface area contributed by atoms with E-state index in [1.165, 1.54) is 0 Å². The molecule has 0 N–H and O–H groups in total. The molecule has 31 heavy (non-hydrogen) atoms. The lowest BCUT2D eigenvalue weighted by atomic mass is 9.69. The smallest absolute Gasteiger partial charge is 0.231 e. The second kappa shape index (κ2) is 7.81. The molecule has 2 aliphatic heterocycles. The Labute approximate surface area is 193 Å². The molecule has 2 aromatic carbocycles. The van der Waals surface area contributed by atoms with E-state index in [4.69, 9.17) is 26.1 Å². The number of aliphatic imine (C=N–C) groups is 1. The van der Waals surface area contributed by atoms with Gasteiger partial charge < -0.3 is 9.47 Å². The molecule has 0 amide bonds. The van der Waals surface area contributed by atoms with Crippen LogP contribution in [0.25, 0.3) is 0 Å². The SMILES string of the molecule is CC1=NC2=C(C(=O)C[C@H](c3ccc(Cl)cc3)C2)[C@H](c2cc3c(cc2Br)OCO3)C1C#N. The summed E-state index contributed by atoms with van der Waals surface area (Å²) in [5.41, 5.74) is 4.05. The number of allylic oxidation sites excluding steroid dienone is 2. The van der Waals surface area contributed by atoms with Gasteiger partial charge >= 0.3 is 0 Å². The van der Waals surface area contributed by atoms with Crippen molar-refractivity contribution in [3.8, 4) is 17.6 Å². The van der Waals surface area contributed by atoms with Gasteiger partial charge in [-0.2, -0.15) is 5.26 Å². The maximum atomic E-state index is 13.4. The van der Waals surface area contributed by atoms with Crippen molar-refractivity contribution in [3.05, 3.63) is 68.3 Å². The molecule has 3 aliphatic rings. The van der Waals surface area contributed by atoms with Crippen molar-refractivity contribution in [2.75, 3.05) is 6.79 Å². The number of fused-ring (bicyclic) bond motifs is 1. The topological polar surface area (TPSA) is 71.7 Å². The van der Waals surface area contributed by atoms with E-state index in [1.54, 1.807) is 0 Å². The van der Waals surface area contributed by atoms with Crippen molar-refractivity contribution in [2.24, 2.45) is 10.9 Å². The molecule has 1 unspecified atom stereocenters. The number of nitriles is 1. The van der Waals surface area contributed by atoms with Crippen LogP contribution in [0.2, 0.25) is 5.02 Å². The van der Waals surface area contributed by atoms with Gasteiger partial charge in [0.2, 0.25) is 6.79 Å². The lowest BCUT2D eigenvalue weighted by Gasteiger charge is -2.35. The molecule has 5 rings (SSSR count). The highest BCUT2D eigenvalue weighted by Crippen LogP contribution is 2.50. The molecule has 156 valence electrons. The number of carbonyl (C=O) groups excluding carboxylic acids is 1. The molecule has 2 heterocycles. The number of hydrogen-bond donors (Lipinski definition) is 0. The number of hydrogen-bond acceptors (Lipinski definition) is 5. The standard InChI is InChI=1S/C24H18BrClN2O3/c1-12-17(10-27)23(16-8-21-22(9-18(16)25)31-11-30-21)24-19(28-12)6-14(7-20(24)29)13-2-4-15(26)5-3-13/h2-5,8-9,14,17,23H,6-7,11H2,1H3/t14-,17?,23-/m1/s1. The normalized spacial score (nSPS) is 24.5. The second-order valence-corrected chi connectivity index (χ2v) is 9.30. The van der Waals surface area contributed by atoms with Gasteiger partial charge in [0.05, 0.1) is 12.0 Å². The van der Waals surface area contributed by atoms with E-state index in [-0.39, 0.29) is 18.5 Å². The summed E-state index contributed by atoms with van der Waals surface area (Å²) >= 11 is 9.65. The summed E-state index contributed by atoms with van der Waals surface area (Å²) in [6.07, 6.45) is 1.03. The third kappa shape index (κ3) is 3.46. The number of ketones is 1. The summed E-state index contributed by atoms with van der Waals surface area (Å²) in [4.78, 5) is 18.2. The van der Waals surface area contributed by atoms with Gasteiger partial charge in [-0.15, -0.1) is 0 Å². The highest BCUT2D eigenvalue weighted by molar-refractivity contribution is 9.10. The first-order valence-corrected chi connectivity index (χ1v) is 11.2. The molecule has 0 saturated heterocycles. The zero-order valence-electron chi connectivity index (χ0n) is 16.7. The predicted octanol–water partition coefficient (Wildman–Crippen LogP) is 5.93. The van der Waals surface area contributed by atoms with Gasteiger partial charge in [-0.25, -0.2) is 0 Å². The Kier molecular flexibility index (Phi) is 5.11. The van der Waals surface area contributed by atoms with Crippen LogP contribution in [0.3, 0.4) is 0 Å². The maximum absolute atomic E-state index is 13.4. The minimum Gasteiger partial charge on any atom is -0.454 e. The molecule has 0 aromatic heterocycles. The van der Waals surface area contributed by atoms with Gasteiger partial charge in [-0.3, -0.25) is 9.79 Å². The van der Waals surface area contributed by atoms with Crippen LogP contribution in [-0.2, 0) is 4.79 Å². The van der Waals surface area contributed by atoms with E-state index in [1.807, 2.05) is 43.3 Å². The Morgan fingerprint density at radius 1 is 1.16 bits per heavy atom. The molecule has 1 aliphatic carbocycles. The molecule has 0 fully saturated rings. The number of Topliss-reactive ketones (excluding diaryl/α,β-unsaturated/α-hetero) is 1. The molecule has 0 saturated carbocycles. The summed E-state index contributed by atoms with van der Waals surface area (Å²) < 4.78 is 11.8. The average Bonchev–Trinajstić information content (AvgIpc) is 3.19. The van der Waals surface area contributed by atoms with E-state index in [0.717, 1.165) is 27.0 Å². The van der Waals surface area contributed by atoms with Crippen molar-refractivity contribution in [3.63, 3.8) is 0 Å². The van der Waals surface area contributed by atoms with Gasteiger partial charge in [0, 0.05) is 38.8 Å². The van der Waals surface area contributed by atoms with Gasteiger partial charge in [0.1, 0.15) is 0 Å². The molecule has 3 atom stereocenters. The van der Waals surface area contributed by atoms with Crippen molar-refractivity contribution in [2.45, 2.75) is 31.6 Å². The fraction of sp³-hybridized carbons (Fsp3) is 0.292. The Morgan fingerprint density at radius 2 is 1.87 bits per heavy atom. The fourth-order valence-corrected chi connectivity index (χ4v) is 5.40. The quantitative estimate of drug-likeness (QED) is 0.515. The lowest BCUT2D eigenvalue weighted by Crippen LogP contribution is -2.32. The number of carbonyl (C=O) groups is 1. The van der Waals surface area contributed by atoms with E-state index >= 15 is 0 Å². The van der Waals surface area contributed by atoms with Crippen LogP contribution >= 0.6 is 27.5 Å². The van der Waals surface area contributed by atoms with Gasteiger partial charge in [-0.1, -0.05) is 39.7 Å². The van der Waals surface area contributed by atoms with Crippen LogP contribution in [0.4, 0.5) is 0 Å². The zero-order chi connectivity index (χ0) is 21.7. The van der Waals surface area contributed by atoms with E-state index in [9.17, 15) is 10.1 Å². The summed E-state index contributed by atoms with van der Waals surface area (Å²) in [6, 6.07) is 13.7. The molecule has 2 aromatic rings. The number of benzene rings is 2. The number of ether oxygens (including phenoxy) is 2. The first-order chi connectivity index (χ1) is 15.0. The summed E-state index contributed by atoms with van der Waals surface area (Å²) in [7, 11) is 0. The maximum Gasteiger partial charge on any atom is 0.231 e. The Bertz CT molecular complexity index is 1200. The largest absolute Gasteiger partial charge is 0.454 e. The van der Waals surface area contributed by atoms with Crippen molar-refractivity contribution >= 4 is 39.0 Å². The van der Waals surface area contributed by atoms with Crippen LogP contribution in [0.15, 0.2) is 57.1 Å².